The lowest BCUT2D eigenvalue weighted by atomic mass is 9.76. The first-order valence-electron chi connectivity index (χ1n) is 11.2. The lowest BCUT2D eigenvalue weighted by Gasteiger charge is -2.38. The van der Waals surface area contributed by atoms with Crippen molar-refractivity contribution < 1.29 is 8.42 Å². The molecule has 0 radical (unpaired) electrons. The van der Waals surface area contributed by atoms with E-state index < -0.39 is 10.0 Å². The molecule has 1 heterocycles. The van der Waals surface area contributed by atoms with E-state index >= 15 is 0 Å². The maximum atomic E-state index is 13.0. The number of nitrogens with one attached hydrogen (secondary N) is 2. The van der Waals surface area contributed by atoms with Gasteiger partial charge in [0.05, 0.1) is 10.9 Å². The van der Waals surface area contributed by atoms with Crippen molar-refractivity contribution in [2.75, 3.05) is 11.9 Å². The van der Waals surface area contributed by atoms with Crippen molar-refractivity contribution in [3.63, 3.8) is 0 Å². The third kappa shape index (κ3) is 3.98. The van der Waals surface area contributed by atoms with E-state index in [9.17, 15) is 8.42 Å². The van der Waals surface area contributed by atoms with Crippen LogP contribution < -0.4 is 10.0 Å². The first-order chi connectivity index (χ1) is 15.5. The molecule has 1 aliphatic carbocycles. The smallest absolute Gasteiger partial charge is 0.240 e. The second kappa shape index (κ2) is 8.57. The zero-order valence-electron chi connectivity index (χ0n) is 18.2. The van der Waals surface area contributed by atoms with E-state index in [0.717, 1.165) is 23.2 Å². The molecule has 2 N–H and O–H groups in total. The molecule has 0 aromatic heterocycles. The Hall–Kier alpha value is -2.89. The van der Waals surface area contributed by atoms with Gasteiger partial charge in [0.15, 0.2) is 0 Å². The van der Waals surface area contributed by atoms with Gasteiger partial charge < -0.3 is 5.32 Å². The van der Waals surface area contributed by atoms with Gasteiger partial charge in [-0.3, -0.25) is 0 Å². The van der Waals surface area contributed by atoms with Gasteiger partial charge in [0, 0.05) is 18.2 Å². The second-order valence-electron chi connectivity index (χ2n) is 8.71. The van der Waals surface area contributed by atoms with Crippen LogP contribution in [0, 0.1) is 12.8 Å². The molecule has 3 atom stereocenters. The number of benzene rings is 3. The van der Waals surface area contributed by atoms with Gasteiger partial charge in [0.2, 0.25) is 10.0 Å². The minimum Gasteiger partial charge on any atom is -0.378 e. The summed E-state index contributed by atoms with van der Waals surface area (Å²) in [5.74, 6) is 0.600. The molecule has 0 bridgehead atoms. The average Bonchev–Trinajstić information content (AvgIpc) is 3.30. The molecular weight excluding hydrogens is 416 g/mol. The van der Waals surface area contributed by atoms with Crippen molar-refractivity contribution in [3.05, 3.63) is 107 Å². The number of fused-ring (bicyclic) bond motifs is 3. The van der Waals surface area contributed by atoms with E-state index in [4.69, 9.17) is 0 Å². The van der Waals surface area contributed by atoms with Crippen LogP contribution in [0.25, 0.3) is 0 Å². The second-order valence-corrected chi connectivity index (χ2v) is 10.5. The van der Waals surface area contributed by atoms with Gasteiger partial charge in [0.25, 0.3) is 0 Å². The molecule has 0 spiro atoms. The van der Waals surface area contributed by atoms with Crippen molar-refractivity contribution in [2.45, 2.75) is 36.6 Å². The van der Waals surface area contributed by atoms with Gasteiger partial charge in [0.1, 0.15) is 0 Å². The lowest BCUT2D eigenvalue weighted by molar-refractivity contribution is 0.424. The summed E-state index contributed by atoms with van der Waals surface area (Å²) in [5.41, 5.74) is 5.80. The average molecular weight is 445 g/mol. The van der Waals surface area contributed by atoms with E-state index in [1.807, 2.05) is 42.5 Å². The summed E-state index contributed by atoms with van der Waals surface area (Å²) in [4.78, 5) is 0.333. The highest BCUT2D eigenvalue weighted by Gasteiger charge is 2.38. The normalized spacial score (nSPS) is 21.6. The van der Waals surface area contributed by atoms with Gasteiger partial charge >= 0.3 is 0 Å². The minimum atomic E-state index is -3.57. The van der Waals surface area contributed by atoms with Crippen LogP contribution in [-0.4, -0.2) is 15.0 Å². The fourth-order valence-corrected chi connectivity index (χ4v) is 6.11. The van der Waals surface area contributed by atoms with Crippen molar-refractivity contribution in [1.82, 2.24) is 4.72 Å². The largest absolute Gasteiger partial charge is 0.378 e. The Morgan fingerprint density at radius 2 is 1.75 bits per heavy atom. The minimum absolute atomic E-state index is 0.218. The predicted octanol–water partition coefficient (Wildman–Crippen LogP) is 5.34. The molecule has 0 fully saturated rings. The van der Waals surface area contributed by atoms with Crippen LogP contribution in [0.4, 0.5) is 5.69 Å². The third-order valence-electron chi connectivity index (χ3n) is 6.72. The Labute approximate surface area is 190 Å². The topological polar surface area (TPSA) is 58.2 Å². The number of rotatable bonds is 6. The number of hydrogen-bond donors (Lipinski definition) is 2. The van der Waals surface area contributed by atoms with Crippen LogP contribution in [0.15, 0.2) is 89.8 Å². The Morgan fingerprint density at radius 1 is 0.969 bits per heavy atom. The molecule has 1 aliphatic heterocycles. The van der Waals surface area contributed by atoms with Crippen LogP contribution in [0.1, 0.15) is 40.6 Å². The summed E-state index contributed by atoms with van der Waals surface area (Å²) >= 11 is 0. The fraction of sp³-hybridized carbons (Fsp3) is 0.259. The maximum absolute atomic E-state index is 13.0. The summed E-state index contributed by atoms with van der Waals surface area (Å²) in [6.45, 7) is 2.53. The quantitative estimate of drug-likeness (QED) is 0.505. The van der Waals surface area contributed by atoms with Crippen LogP contribution >= 0.6 is 0 Å². The van der Waals surface area contributed by atoms with Crippen LogP contribution in [-0.2, 0) is 16.4 Å². The summed E-state index contributed by atoms with van der Waals surface area (Å²) in [5, 5.41) is 3.71. The molecule has 32 heavy (non-hydrogen) atoms. The predicted molar refractivity (Wildman–Crippen MR) is 129 cm³/mol. The van der Waals surface area contributed by atoms with Gasteiger partial charge in [-0.05, 0) is 66.1 Å². The standard InChI is InChI=1S/C27H28N2O2S/c1-19-8-5-6-11-22(19)27-24-13-7-12-23(24)25-18-21(14-15-26(25)29-27)32(30,31)28-17-16-20-9-3-2-4-10-20/h2-12,14-15,18,23-24,27-29H,13,16-17H2,1H3. The molecule has 3 aromatic carbocycles. The molecular formula is C27H28N2O2S. The Bertz CT molecular complexity index is 1250. The molecule has 3 aromatic rings. The van der Waals surface area contributed by atoms with Crippen LogP contribution in [0.2, 0.25) is 0 Å². The van der Waals surface area contributed by atoms with E-state index in [1.165, 1.54) is 11.1 Å². The monoisotopic (exact) mass is 444 g/mol. The molecule has 164 valence electrons. The van der Waals surface area contributed by atoms with Crippen molar-refractivity contribution >= 4 is 15.7 Å². The summed E-state index contributed by atoms with van der Waals surface area (Å²) in [7, 11) is -3.57. The molecule has 4 nitrogen and oxygen atoms in total. The summed E-state index contributed by atoms with van der Waals surface area (Å²) in [6, 6.07) is 24.1. The molecule has 5 heteroatoms. The van der Waals surface area contributed by atoms with E-state index in [1.54, 1.807) is 6.07 Å². The maximum Gasteiger partial charge on any atom is 0.240 e. The van der Waals surface area contributed by atoms with Crippen molar-refractivity contribution in [3.8, 4) is 0 Å². The number of aryl methyl sites for hydroxylation is 1. The zero-order chi connectivity index (χ0) is 22.1. The van der Waals surface area contributed by atoms with Gasteiger partial charge in [-0.1, -0.05) is 66.7 Å². The molecule has 3 unspecified atom stereocenters. The SMILES string of the molecule is Cc1ccccc1C1Nc2ccc(S(=O)(=O)NCCc3ccccc3)cc2C2C=CCC21. The highest BCUT2D eigenvalue weighted by atomic mass is 32.2. The van der Waals surface area contributed by atoms with Crippen molar-refractivity contribution in [2.24, 2.45) is 5.92 Å². The molecule has 0 saturated heterocycles. The van der Waals surface area contributed by atoms with Gasteiger partial charge in [-0.25, -0.2) is 13.1 Å². The Morgan fingerprint density at radius 3 is 2.56 bits per heavy atom. The van der Waals surface area contributed by atoms with E-state index in [0.29, 0.717) is 23.8 Å². The fourth-order valence-electron chi connectivity index (χ4n) is 5.04. The first-order valence-corrected chi connectivity index (χ1v) is 12.7. The molecule has 0 amide bonds. The first kappa shape index (κ1) is 21.0. The Balaban J connectivity index is 1.39. The molecule has 2 aliphatic rings. The lowest BCUT2D eigenvalue weighted by Crippen LogP contribution is -2.30. The highest BCUT2D eigenvalue weighted by molar-refractivity contribution is 7.89. The van der Waals surface area contributed by atoms with Gasteiger partial charge in [-0.2, -0.15) is 0 Å². The van der Waals surface area contributed by atoms with Crippen LogP contribution in [0.5, 0.6) is 0 Å². The Kier molecular flexibility index (Phi) is 5.62. The highest BCUT2D eigenvalue weighted by Crippen LogP contribution is 2.50. The van der Waals surface area contributed by atoms with E-state index in [-0.39, 0.29) is 12.0 Å². The zero-order valence-corrected chi connectivity index (χ0v) is 19.0. The number of allylic oxidation sites excluding steroid dienone is 2. The number of anilines is 1. The van der Waals surface area contributed by atoms with Gasteiger partial charge in [-0.15, -0.1) is 0 Å². The molecule has 5 rings (SSSR count). The number of sulfonamides is 1. The van der Waals surface area contributed by atoms with E-state index in [2.05, 4.69) is 53.4 Å². The van der Waals surface area contributed by atoms with Crippen molar-refractivity contribution in [1.29, 1.82) is 0 Å². The molecule has 0 saturated carbocycles. The summed E-state index contributed by atoms with van der Waals surface area (Å²) in [6.07, 6.45) is 6.13. The van der Waals surface area contributed by atoms with Crippen LogP contribution in [0.3, 0.4) is 0 Å². The third-order valence-corrected chi connectivity index (χ3v) is 8.18. The summed E-state index contributed by atoms with van der Waals surface area (Å²) < 4.78 is 28.7. The number of hydrogen-bond acceptors (Lipinski definition) is 3.